The van der Waals surface area contributed by atoms with Crippen LogP contribution in [0.1, 0.15) is 52.1 Å². The molecule has 1 aliphatic rings. The molecular formula is C20H26ClNO4. The molecule has 0 saturated carbocycles. The van der Waals surface area contributed by atoms with E-state index in [1.165, 1.54) is 12.2 Å². The molecule has 1 aliphatic carbocycles. The van der Waals surface area contributed by atoms with E-state index in [1.807, 2.05) is 26.0 Å². The quantitative estimate of drug-likeness (QED) is 0.684. The lowest BCUT2D eigenvalue weighted by molar-refractivity contribution is -0.191. The van der Waals surface area contributed by atoms with Gasteiger partial charge in [0.25, 0.3) is 5.91 Å². The van der Waals surface area contributed by atoms with Gasteiger partial charge in [-0.1, -0.05) is 37.6 Å². The summed E-state index contributed by atoms with van der Waals surface area (Å²) >= 11 is 5.91. The fourth-order valence-electron chi connectivity index (χ4n) is 3.37. The van der Waals surface area contributed by atoms with E-state index in [1.54, 1.807) is 12.1 Å². The molecule has 1 aromatic rings. The van der Waals surface area contributed by atoms with Crippen LogP contribution in [0.2, 0.25) is 5.02 Å². The Bertz CT molecular complexity index is 709. The van der Waals surface area contributed by atoms with Crippen molar-refractivity contribution in [1.29, 1.82) is 0 Å². The summed E-state index contributed by atoms with van der Waals surface area (Å²) in [4.78, 5) is 30.1. The van der Waals surface area contributed by atoms with Crippen molar-refractivity contribution in [2.45, 2.75) is 46.6 Å². The SMILES string of the molecule is CON(C(=O)COC1=C(C)CC(C)(C)CC1=O)C(C)c1ccc(Cl)cc1. The van der Waals surface area contributed by atoms with Crippen LogP contribution in [0, 0.1) is 5.41 Å². The number of nitrogens with zero attached hydrogens (tertiary/aromatic N) is 1. The number of ether oxygens (including phenoxy) is 1. The van der Waals surface area contributed by atoms with Gasteiger partial charge in [-0.3, -0.25) is 14.4 Å². The van der Waals surface area contributed by atoms with E-state index in [-0.39, 0.29) is 29.8 Å². The zero-order valence-electron chi connectivity index (χ0n) is 16.0. The molecule has 1 amide bonds. The van der Waals surface area contributed by atoms with Crippen LogP contribution in [0.25, 0.3) is 0 Å². The second-order valence-electron chi connectivity index (χ2n) is 7.47. The molecule has 0 saturated heterocycles. The molecule has 1 atom stereocenters. The van der Waals surface area contributed by atoms with Crippen molar-refractivity contribution < 1.29 is 19.2 Å². The molecule has 0 N–H and O–H groups in total. The molecule has 0 aromatic heterocycles. The van der Waals surface area contributed by atoms with Crippen LogP contribution >= 0.6 is 11.6 Å². The Morgan fingerprint density at radius 1 is 1.27 bits per heavy atom. The highest BCUT2D eigenvalue weighted by atomic mass is 35.5. The van der Waals surface area contributed by atoms with E-state index in [4.69, 9.17) is 21.2 Å². The Morgan fingerprint density at radius 3 is 2.42 bits per heavy atom. The summed E-state index contributed by atoms with van der Waals surface area (Å²) < 4.78 is 5.59. The van der Waals surface area contributed by atoms with Gasteiger partial charge in [0, 0.05) is 11.4 Å². The van der Waals surface area contributed by atoms with Gasteiger partial charge in [0.2, 0.25) is 0 Å². The molecule has 26 heavy (non-hydrogen) atoms. The van der Waals surface area contributed by atoms with Crippen molar-refractivity contribution in [2.75, 3.05) is 13.7 Å². The average Bonchev–Trinajstić information content (AvgIpc) is 2.54. The van der Waals surface area contributed by atoms with Crippen LogP contribution in [0.3, 0.4) is 0 Å². The number of halogens is 1. The first kappa shape index (κ1) is 20.5. The number of carbonyl (C=O) groups is 2. The third-order valence-electron chi connectivity index (χ3n) is 4.51. The Labute approximate surface area is 159 Å². The maximum atomic E-state index is 12.6. The lowest BCUT2D eigenvalue weighted by Crippen LogP contribution is -2.36. The number of carbonyl (C=O) groups excluding carboxylic acids is 2. The lowest BCUT2D eigenvalue weighted by Gasteiger charge is -2.31. The van der Waals surface area contributed by atoms with Gasteiger partial charge in [-0.05, 0) is 49.0 Å². The van der Waals surface area contributed by atoms with E-state index in [9.17, 15) is 9.59 Å². The number of ketones is 1. The Morgan fingerprint density at radius 2 is 1.88 bits per heavy atom. The highest BCUT2D eigenvalue weighted by molar-refractivity contribution is 6.30. The van der Waals surface area contributed by atoms with Crippen LogP contribution in [-0.2, 0) is 19.2 Å². The topological polar surface area (TPSA) is 55.8 Å². The van der Waals surface area contributed by atoms with Crippen molar-refractivity contribution >= 4 is 23.3 Å². The first-order valence-corrected chi connectivity index (χ1v) is 9.00. The monoisotopic (exact) mass is 379 g/mol. The van der Waals surface area contributed by atoms with Gasteiger partial charge in [-0.15, -0.1) is 0 Å². The molecule has 0 aliphatic heterocycles. The van der Waals surface area contributed by atoms with Crippen molar-refractivity contribution in [3.05, 3.63) is 46.2 Å². The van der Waals surface area contributed by atoms with Crippen LogP contribution < -0.4 is 0 Å². The second kappa shape index (κ2) is 8.23. The van der Waals surface area contributed by atoms with Crippen molar-refractivity contribution in [2.24, 2.45) is 5.41 Å². The van der Waals surface area contributed by atoms with Crippen LogP contribution in [-0.4, -0.2) is 30.5 Å². The van der Waals surface area contributed by atoms with E-state index in [2.05, 4.69) is 13.8 Å². The highest BCUT2D eigenvalue weighted by Gasteiger charge is 2.33. The van der Waals surface area contributed by atoms with E-state index in [0.717, 1.165) is 17.6 Å². The molecule has 6 heteroatoms. The van der Waals surface area contributed by atoms with Gasteiger partial charge < -0.3 is 4.74 Å². The highest BCUT2D eigenvalue weighted by Crippen LogP contribution is 2.36. The summed E-state index contributed by atoms with van der Waals surface area (Å²) in [7, 11) is 1.43. The van der Waals surface area contributed by atoms with Crippen LogP contribution in [0.4, 0.5) is 0 Å². The van der Waals surface area contributed by atoms with Crippen molar-refractivity contribution in [1.82, 2.24) is 5.06 Å². The smallest absolute Gasteiger partial charge is 0.284 e. The fourth-order valence-corrected chi connectivity index (χ4v) is 3.49. The minimum Gasteiger partial charge on any atom is -0.480 e. The van der Waals surface area contributed by atoms with Gasteiger partial charge in [0.15, 0.2) is 18.1 Å². The lowest BCUT2D eigenvalue weighted by atomic mass is 9.76. The summed E-state index contributed by atoms with van der Waals surface area (Å²) in [6.07, 6.45) is 1.19. The molecule has 1 aromatic carbocycles. The van der Waals surface area contributed by atoms with Crippen LogP contribution in [0.5, 0.6) is 0 Å². The first-order chi connectivity index (χ1) is 12.1. The average molecular weight is 380 g/mol. The second-order valence-corrected chi connectivity index (χ2v) is 7.91. The van der Waals surface area contributed by atoms with E-state index < -0.39 is 0 Å². The van der Waals surface area contributed by atoms with Gasteiger partial charge in [-0.25, -0.2) is 5.06 Å². The molecule has 0 radical (unpaired) electrons. The molecule has 142 valence electrons. The summed E-state index contributed by atoms with van der Waals surface area (Å²) in [5.74, 6) is -0.0953. The fraction of sp³-hybridized carbons (Fsp3) is 0.500. The minimum atomic E-state index is -0.354. The molecule has 2 rings (SSSR count). The maximum Gasteiger partial charge on any atom is 0.284 e. The number of amides is 1. The van der Waals surface area contributed by atoms with Gasteiger partial charge in [-0.2, -0.15) is 0 Å². The molecule has 1 unspecified atom stereocenters. The van der Waals surface area contributed by atoms with E-state index in [0.29, 0.717) is 17.2 Å². The Kier molecular flexibility index (Phi) is 6.48. The minimum absolute atomic E-state index is 0.0544. The number of allylic oxidation sites excluding steroid dienone is 2. The summed E-state index contributed by atoms with van der Waals surface area (Å²) in [5.41, 5.74) is 1.70. The third-order valence-corrected chi connectivity index (χ3v) is 4.76. The number of rotatable bonds is 6. The number of hydroxylamine groups is 2. The maximum absolute atomic E-state index is 12.6. The molecule has 0 bridgehead atoms. The molecule has 0 heterocycles. The van der Waals surface area contributed by atoms with Crippen molar-refractivity contribution in [3.8, 4) is 0 Å². The molecule has 5 nitrogen and oxygen atoms in total. The van der Waals surface area contributed by atoms with Crippen LogP contribution in [0.15, 0.2) is 35.6 Å². The molecular weight excluding hydrogens is 354 g/mol. The Hall–Kier alpha value is -1.85. The standard InChI is InChI=1S/C20H26ClNO4/c1-13-10-20(3,4)11-17(23)19(13)26-12-18(24)22(25-5)14(2)15-6-8-16(21)9-7-15/h6-9,14H,10-12H2,1-5H3. The summed E-state index contributed by atoms with van der Waals surface area (Å²) in [6.45, 7) is 7.59. The first-order valence-electron chi connectivity index (χ1n) is 8.62. The summed E-state index contributed by atoms with van der Waals surface area (Å²) in [6, 6.07) is 6.89. The predicted octanol–water partition coefficient (Wildman–Crippen LogP) is 4.47. The Balaban J connectivity index is 2.05. The zero-order chi connectivity index (χ0) is 19.5. The summed E-state index contributed by atoms with van der Waals surface area (Å²) in [5, 5.41) is 1.87. The molecule has 0 fully saturated rings. The van der Waals surface area contributed by atoms with Gasteiger partial charge in [0.1, 0.15) is 0 Å². The third kappa shape index (κ3) is 4.86. The largest absolute Gasteiger partial charge is 0.480 e. The predicted molar refractivity (Wildman–Crippen MR) is 100 cm³/mol. The number of Topliss-reactive ketones (excluding diaryl/α,β-unsaturated/α-hetero) is 1. The van der Waals surface area contributed by atoms with E-state index >= 15 is 0 Å². The van der Waals surface area contributed by atoms with Gasteiger partial charge >= 0.3 is 0 Å². The number of hydrogen-bond acceptors (Lipinski definition) is 4. The number of benzene rings is 1. The molecule has 0 spiro atoms. The zero-order valence-corrected chi connectivity index (χ0v) is 16.7. The number of hydrogen-bond donors (Lipinski definition) is 0. The van der Waals surface area contributed by atoms with Gasteiger partial charge in [0.05, 0.1) is 13.2 Å². The normalized spacial score (nSPS) is 17.8. The van der Waals surface area contributed by atoms with Crippen molar-refractivity contribution in [3.63, 3.8) is 0 Å².